The molecule has 2 heterocycles. The van der Waals surface area contributed by atoms with E-state index in [1.165, 1.54) is 0 Å². The van der Waals surface area contributed by atoms with E-state index in [9.17, 15) is 4.79 Å². The van der Waals surface area contributed by atoms with E-state index in [2.05, 4.69) is 23.9 Å². The molecule has 1 unspecified atom stereocenters. The normalized spacial score (nSPS) is 12.4. The topological polar surface area (TPSA) is 77.0 Å². The number of carbonyl (C=O) groups is 1. The number of hydrogen-bond acceptors (Lipinski definition) is 4. The van der Waals surface area contributed by atoms with Crippen molar-refractivity contribution in [2.45, 2.75) is 26.3 Å². The van der Waals surface area contributed by atoms with Gasteiger partial charge < -0.3 is 10.6 Å². The molecule has 6 nitrogen and oxygen atoms in total. The quantitative estimate of drug-likeness (QED) is 0.881. The maximum atomic E-state index is 12.4. The summed E-state index contributed by atoms with van der Waals surface area (Å²) < 4.78 is 1.70. The van der Waals surface area contributed by atoms with Crippen LogP contribution in [0, 0.1) is 5.92 Å². The van der Waals surface area contributed by atoms with Crippen molar-refractivity contribution in [3.8, 4) is 5.69 Å². The van der Waals surface area contributed by atoms with Gasteiger partial charge in [-0.05, 0) is 30.5 Å². The predicted molar refractivity (Wildman–Crippen MR) is 85.7 cm³/mol. The van der Waals surface area contributed by atoms with Crippen LogP contribution in [-0.4, -0.2) is 45.2 Å². The van der Waals surface area contributed by atoms with Gasteiger partial charge in [0, 0.05) is 38.2 Å². The molecule has 1 amide bonds. The summed E-state index contributed by atoms with van der Waals surface area (Å²) in [7, 11) is 1.78. The van der Waals surface area contributed by atoms with Crippen molar-refractivity contribution >= 4 is 5.91 Å². The number of hydrogen-bond donors (Lipinski definition) is 1. The first-order valence-corrected chi connectivity index (χ1v) is 7.46. The molecule has 0 aliphatic carbocycles. The second-order valence-electron chi connectivity index (χ2n) is 5.77. The summed E-state index contributed by atoms with van der Waals surface area (Å²) in [5.41, 5.74) is 7.25. The van der Waals surface area contributed by atoms with E-state index in [1.54, 1.807) is 35.1 Å². The Morgan fingerprint density at radius 2 is 2.18 bits per heavy atom. The Morgan fingerprint density at radius 3 is 2.82 bits per heavy atom. The standard InChI is InChI=1S/C16H23N5O/c1-12(2)14(17)6-10-20(3)16(22)15-11-13(5-8-18-15)21-9-4-7-19-21/h4-5,7-9,11-12,14H,6,10,17H2,1-3H3. The van der Waals surface area contributed by atoms with Crippen LogP contribution in [-0.2, 0) is 0 Å². The molecule has 2 aromatic rings. The number of amides is 1. The molecular weight excluding hydrogens is 278 g/mol. The maximum Gasteiger partial charge on any atom is 0.272 e. The molecule has 0 aliphatic rings. The lowest BCUT2D eigenvalue weighted by Crippen LogP contribution is -2.35. The van der Waals surface area contributed by atoms with Crippen molar-refractivity contribution in [1.29, 1.82) is 0 Å². The summed E-state index contributed by atoms with van der Waals surface area (Å²) in [6.45, 7) is 4.79. The first-order chi connectivity index (χ1) is 10.5. The van der Waals surface area contributed by atoms with Crippen molar-refractivity contribution in [2.24, 2.45) is 11.7 Å². The van der Waals surface area contributed by atoms with Crippen molar-refractivity contribution in [3.05, 3.63) is 42.5 Å². The number of carbonyl (C=O) groups excluding carboxylic acids is 1. The fourth-order valence-corrected chi connectivity index (χ4v) is 2.07. The Balaban J connectivity index is 2.04. The van der Waals surface area contributed by atoms with Gasteiger partial charge in [0.1, 0.15) is 5.69 Å². The first-order valence-electron chi connectivity index (χ1n) is 7.46. The second-order valence-corrected chi connectivity index (χ2v) is 5.77. The minimum atomic E-state index is -0.107. The molecule has 0 bridgehead atoms. The second kappa shape index (κ2) is 7.17. The summed E-state index contributed by atoms with van der Waals surface area (Å²) in [5.74, 6) is 0.301. The van der Waals surface area contributed by atoms with Gasteiger partial charge in [-0.25, -0.2) is 4.68 Å². The molecular formula is C16H23N5O. The highest BCUT2D eigenvalue weighted by Crippen LogP contribution is 2.10. The van der Waals surface area contributed by atoms with Crippen LogP contribution < -0.4 is 5.73 Å². The van der Waals surface area contributed by atoms with Crippen molar-refractivity contribution in [3.63, 3.8) is 0 Å². The molecule has 6 heteroatoms. The SMILES string of the molecule is CC(C)C(N)CCN(C)C(=O)c1cc(-n2cccn2)ccn1. The molecule has 0 spiro atoms. The minimum absolute atomic E-state index is 0.0959. The number of rotatable bonds is 6. The third kappa shape index (κ3) is 3.92. The molecule has 118 valence electrons. The highest BCUT2D eigenvalue weighted by atomic mass is 16.2. The van der Waals surface area contributed by atoms with Gasteiger partial charge in [-0.3, -0.25) is 9.78 Å². The average molecular weight is 301 g/mol. The lowest BCUT2D eigenvalue weighted by atomic mass is 10.0. The molecule has 2 rings (SSSR count). The zero-order valence-corrected chi connectivity index (χ0v) is 13.3. The fraction of sp³-hybridized carbons (Fsp3) is 0.438. The lowest BCUT2D eigenvalue weighted by Gasteiger charge is -2.21. The molecule has 0 fully saturated rings. The Kier molecular flexibility index (Phi) is 5.27. The highest BCUT2D eigenvalue weighted by Gasteiger charge is 2.16. The van der Waals surface area contributed by atoms with E-state index in [1.807, 2.05) is 18.3 Å². The molecule has 22 heavy (non-hydrogen) atoms. The zero-order chi connectivity index (χ0) is 16.1. The number of aromatic nitrogens is 3. The molecule has 0 saturated carbocycles. The van der Waals surface area contributed by atoms with Gasteiger partial charge in [0.25, 0.3) is 5.91 Å². The lowest BCUT2D eigenvalue weighted by molar-refractivity contribution is 0.0783. The Bertz CT molecular complexity index is 609. The molecule has 2 aromatic heterocycles. The largest absolute Gasteiger partial charge is 0.340 e. The van der Waals surface area contributed by atoms with Gasteiger partial charge in [0.2, 0.25) is 0 Å². The highest BCUT2D eigenvalue weighted by molar-refractivity contribution is 5.92. The molecule has 2 N–H and O–H groups in total. The van der Waals surface area contributed by atoms with Gasteiger partial charge >= 0.3 is 0 Å². The van der Waals surface area contributed by atoms with E-state index >= 15 is 0 Å². The molecule has 0 aliphatic heterocycles. The van der Waals surface area contributed by atoms with Crippen molar-refractivity contribution in [2.75, 3.05) is 13.6 Å². The van der Waals surface area contributed by atoms with Crippen molar-refractivity contribution in [1.82, 2.24) is 19.7 Å². The Labute approximate surface area is 130 Å². The number of nitrogens with two attached hydrogens (primary N) is 1. The van der Waals surface area contributed by atoms with Crippen LogP contribution in [0.4, 0.5) is 0 Å². The summed E-state index contributed by atoms with van der Waals surface area (Å²) in [4.78, 5) is 18.3. The van der Waals surface area contributed by atoms with Gasteiger partial charge in [-0.1, -0.05) is 13.8 Å². The van der Waals surface area contributed by atoms with Crippen molar-refractivity contribution < 1.29 is 4.79 Å². The number of pyridine rings is 1. The smallest absolute Gasteiger partial charge is 0.272 e. The molecule has 0 saturated heterocycles. The number of nitrogens with zero attached hydrogens (tertiary/aromatic N) is 4. The minimum Gasteiger partial charge on any atom is -0.340 e. The first kappa shape index (κ1) is 16.2. The predicted octanol–water partition coefficient (Wildman–Crippen LogP) is 1.71. The van der Waals surface area contributed by atoms with Crippen LogP contribution >= 0.6 is 0 Å². The van der Waals surface area contributed by atoms with Crippen LogP contribution in [0.5, 0.6) is 0 Å². The van der Waals surface area contributed by atoms with Gasteiger partial charge in [0.15, 0.2) is 0 Å². The third-order valence-electron chi connectivity index (χ3n) is 3.73. The summed E-state index contributed by atoms with van der Waals surface area (Å²) in [6, 6.07) is 5.49. The fourth-order valence-electron chi connectivity index (χ4n) is 2.07. The van der Waals surface area contributed by atoms with E-state index in [0.717, 1.165) is 12.1 Å². The van der Waals surface area contributed by atoms with Crippen LogP contribution in [0.25, 0.3) is 5.69 Å². The summed E-state index contributed by atoms with van der Waals surface area (Å²) in [6.07, 6.45) is 5.92. The average Bonchev–Trinajstić information content (AvgIpc) is 3.06. The monoisotopic (exact) mass is 301 g/mol. The van der Waals surface area contributed by atoms with Crippen LogP contribution in [0.2, 0.25) is 0 Å². The Morgan fingerprint density at radius 1 is 1.41 bits per heavy atom. The zero-order valence-electron chi connectivity index (χ0n) is 13.3. The van der Waals surface area contributed by atoms with E-state index in [4.69, 9.17) is 5.73 Å². The van der Waals surface area contributed by atoms with Crippen LogP contribution in [0.1, 0.15) is 30.8 Å². The third-order valence-corrected chi connectivity index (χ3v) is 3.73. The molecule has 0 radical (unpaired) electrons. The van der Waals surface area contributed by atoms with Crippen LogP contribution in [0.15, 0.2) is 36.8 Å². The summed E-state index contributed by atoms with van der Waals surface area (Å²) in [5, 5.41) is 4.16. The summed E-state index contributed by atoms with van der Waals surface area (Å²) >= 11 is 0. The van der Waals surface area contributed by atoms with Gasteiger partial charge in [0.05, 0.1) is 5.69 Å². The molecule has 0 aromatic carbocycles. The van der Waals surface area contributed by atoms with E-state index in [0.29, 0.717) is 18.2 Å². The van der Waals surface area contributed by atoms with Crippen LogP contribution in [0.3, 0.4) is 0 Å². The van der Waals surface area contributed by atoms with E-state index in [-0.39, 0.29) is 11.9 Å². The van der Waals surface area contributed by atoms with Gasteiger partial charge in [-0.2, -0.15) is 5.10 Å². The Hall–Kier alpha value is -2.21. The maximum absolute atomic E-state index is 12.4. The van der Waals surface area contributed by atoms with Gasteiger partial charge in [-0.15, -0.1) is 0 Å². The van der Waals surface area contributed by atoms with E-state index < -0.39 is 0 Å². The molecule has 1 atom stereocenters.